The third-order valence-corrected chi connectivity index (χ3v) is 5.52. The van der Waals surface area contributed by atoms with Gasteiger partial charge in [-0.2, -0.15) is 0 Å². The number of fused-ring (bicyclic) bond motifs is 1. The number of phenolic OH excluding ortho intramolecular Hbond substituents is 1. The van der Waals surface area contributed by atoms with Crippen molar-refractivity contribution < 1.29 is 57.5 Å². The molecular weight excluding hydrogens is 504 g/mol. The molecule has 1 aromatic carbocycles. The molecule has 1 saturated heterocycles. The van der Waals surface area contributed by atoms with Gasteiger partial charge < -0.3 is 33.5 Å². The van der Waals surface area contributed by atoms with Crippen molar-refractivity contribution in [3.8, 4) is 11.5 Å². The zero-order chi connectivity index (χ0) is 28.5. The standard InChI is InChI=1S/C23H23B2NO12/c1-8(27)26-7-14(15-13(26)6-12(24)17(31)16(15)25)37-23-21(36-11(4)30)19(35-10(3)29)18(34-9(2)28)20(38-23)22(32)33-5/h6-7,18-21,23,31H,1-5H3/t18-,19-,20-,21+,23+/m0/s1. The van der Waals surface area contributed by atoms with Crippen LogP contribution in [0.3, 0.4) is 0 Å². The molecule has 1 N–H and O–H groups in total. The predicted molar refractivity (Wildman–Crippen MR) is 129 cm³/mol. The van der Waals surface area contributed by atoms with Crippen molar-refractivity contribution in [2.24, 2.45) is 0 Å². The molecule has 0 aliphatic carbocycles. The van der Waals surface area contributed by atoms with E-state index in [0.717, 1.165) is 32.4 Å². The summed E-state index contributed by atoms with van der Waals surface area (Å²) in [5, 5.41) is 10.3. The minimum atomic E-state index is -1.70. The molecular formula is C23H23B2NO12. The molecule has 13 nitrogen and oxygen atoms in total. The van der Waals surface area contributed by atoms with Gasteiger partial charge in [-0.05, 0) is 11.5 Å². The number of ether oxygens (including phenoxy) is 6. The Morgan fingerprint density at radius 2 is 1.47 bits per heavy atom. The van der Waals surface area contributed by atoms with Crippen LogP contribution >= 0.6 is 0 Å². The molecule has 1 fully saturated rings. The first-order valence-electron chi connectivity index (χ1n) is 11.1. The van der Waals surface area contributed by atoms with E-state index in [1.54, 1.807) is 0 Å². The summed E-state index contributed by atoms with van der Waals surface area (Å²) >= 11 is 0. The zero-order valence-corrected chi connectivity index (χ0v) is 21.1. The number of aromatic hydroxyl groups is 1. The lowest BCUT2D eigenvalue weighted by Gasteiger charge is -2.43. The highest BCUT2D eigenvalue weighted by Crippen LogP contribution is 2.34. The number of benzene rings is 1. The highest BCUT2D eigenvalue weighted by Gasteiger charge is 2.56. The molecule has 0 bridgehead atoms. The lowest BCUT2D eigenvalue weighted by atomic mass is 9.83. The van der Waals surface area contributed by atoms with Crippen molar-refractivity contribution in [2.45, 2.75) is 58.4 Å². The van der Waals surface area contributed by atoms with Gasteiger partial charge in [0.05, 0.1) is 18.8 Å². The lowest BCUT2D eigenvalue weighted by molar-refractivity contribution is -0.282. The molecule has 2 aromatic rings. The third-order valence-electron chi connectivity index (χ3n) is 5.52. The fourth-order valence-corrected chi connectivity index (χ4v) is 4.05. The van der Waals surface area contributed by atoms with Crippen LogP contribution in [0.1, 0.15) is 32.5 Å². The number of phenols is 1. The number of aromatic nitrogens is 1. The van der Waals surface area contributed by atoms with Crippen molar-refractivity contribution in [1.82, 2.24) is 4.57 Å². The van der Waals surface area contributed by atoms with Crippen LogP contribution in [0.2, 0.25) is 0 Å². The van der Waals surface area contributed by atoms with Crippen molar-refractivity contribution >= 4 is 67.3 Å². The molecule has 198 valence electrons. The topological polar surface area (TPSA) is 166 Å². The van der Waals surface area contributed by atoms with Gasteiger partial charge in [-0.1, -0.05) is 5.46 Å². The smallest absolute Gasteiger partial charge is 0.339 e. The molecule has 0 unspecified atom stereocenters. The second-order valence-corrected chi connectivity index (χ2v) is 8.29. The van der Waals surface area contributed by atoms with Gasteiger partial charge in [0.1, 0.15) is 27.2 Å². The van der Waals surface area contributed by atoms with Crippen molar-refractivity contribution in [2.75, 3.05) is 7.11 Å². The molecule has 0 spiro atoms. The van der Waals surface area contributed by atoms with E-state index in [-0.39, 0.29) is 27.6 Å². The van der Waals surface area contributed by atoms with Crippen LogP contribution in [-0.2, 0) is 42.9 Å². The van der Waals surface area contributed by atoms with Gasteiger partial charge in [0.25, 0.3) is 0 Å². The minimum Gasteiger partial charge on any atom is -0.509 e. The van der Waals surface area contributed by atoms with E-state index in [1.807, 2.05) is 0 Å². The van der Waals surface area contributed by atoms with Gasteiger partial charge in [-0.3, -0.25) is 23.7 Å². The van der Waals surface area contributed by atoms with E-state index in [4.69, 9.17) is 44.1 Å². The zero-order valence-electron chi connectivity index (χ0n) is 21.1. The van der Waals surface area contributed by atoms with E-state index in [2.05, 4.69) is 0 Å². The van der Waals surface area contributed by atoms with Gasteiger partial charge in [0.15, 0.2) is 18.3 Å². The molecule has 38 heavy (non-hydrogen) atoms. The average Bonchev–Trinajstić information content (AvgIpc) is 3.17. The average molecular weight is 527 g/mol. The quantitative estimate of drug-likeness (QED) is 0.268. The van der Waals surface area contributed by atoms with E-state index in [1.165, 1.54) is 19.2 Å². The van der Waals surface area contributed by atoms with Crippen LogP contribution in [0.4, 0.5) is 0 Å². The second kappa shape index (κ2) is 11.2. The number of nitrogens with zero attached hydrogens (tertiary/aromatic N) is 1. The molecule has 2 heterocycles. The summed E-state index contributed by atoms with van der Waals surface area (Å²) in [5.74, 6) is -4.73. The first-order valence-corrected chi connectivity index (χ1v) is 11.1. The summed E-state index contributed by atoms with van der Waals surface area (Å²) in [7, 11) is 12.9. The van der Waals surface area contributed by atoms with Gasteiger partial charge in [-0.15, -0.1) is 0 Å². The van der Waals surface area contributed by atoms with E-state index < -0.39 is 66.2 Å². The molecule has 15 heteroatoms. The Kier molecular flexibility index (Phi) is 8.40. The molecule has 1 aromatic heterocycles. The molecule has 0 amide bonds. The number of hydrogen-bond donors (Lipinski definition) is 1. The maximum Gasteiger partial charge on any atom is 0.339 e. The van der Waals surface area contributed by atoms with E-state index in [9.17, 15) is 29.1 Å². The molecule has 0 saturated carbocycles. The number of hydrogen-bond acceptors (Lipinski definition) is 12. The van der Waals surface area contributed by atoms with Crippen molar-refractivity contribution in [1.29, 1.82) is 0 Å². The number of methoxy groups -OCH3 is 1. The molecule has 3 rings (SSSR count). The van der Waals surface area contributed by atoms with Gasteiger partial charge in [-0.25, -0.2) is 4.79 Å². The van der Waals surface area contributed by atoms with E-state index in [0.29, 0.717) is 0 Å². The second-order valence-electron chi connectivity index (χ2n) is 8.29. The SMILES string of the molecule is [B]c1cc2c(c(O[C@@H]3O[C@H](C(=O)OC)[C@@H](OC(C)=O)[C@H](OC(C)=O)[C@H]3OC(C)=O)cn2C(C)=O)c([B])c1O. The summed E-state index contributed by atoms with van der Waals surface area (Å²) < 4.78 is 33.4. The summed E-state index contributed by atoms with van der Waals surface area (Å²) in [6.07, 6.45) is -6.98. The summed E-state index contributed by atoms with van der Waals surface area (Å²) in [6, 6.07) is 1.29. The van der Waals surface area contributed by atoms with E-state index >= 15 is 0 Å². The molecule has 5 atom stereocenters. The van der Waals surface area contributed by atoms with Crippen LogP contribution in [0.25, 0.3) is 10.9 Å². The highest BCUT2D eigenvalue weighted by molar-refractivity contribution is 6.46. The monoisotopic (exact) mass is 527 g/mol. The Morgan fingerprint density at radius 1 is 0.921 bits per heavy atom. The summed E-state index contributed by atoms with van der Waals surface area (Å²) in [4.78, 5) is 60.6. The Labute approximate surface area is 219 Å². The highest BCUT2D eigenvalue weighted by atomic mass is 16.7. The summed E-state index contributed by atoms with van der Waals surface area (Å²) in [5.41, 5.74) is -0.188. The fraction of sp³-hybridized carbons (Fsp3) is 0.435. The Morgan fingerprint density at radius 3 is 2.00 bits per heavy atom. The Bertz CT molecular complexity index is 1310. The van der Waals surface area contributed by atoms with Crippen LogP contribution in [0.5, 0.6) is 11.5 Å². The largest absolute Gasteiger partial charge is 0.509 e. The first-order chi connectivity index (χ1) is 17.8. The normalized spacial score (nSPS) is 22.8. The lowest BCUT2D eigenvalue weighted by Crippen LogP contribution is -2.64. The predicted octanol–water partition coefficient (Wildman–Crippen LogP) is -1.33. The minimum absolute atomic E-state index is 0.0397. The molecule has 1 aliphatic heterocycles. The maximum atomic E-state index is 12.6. The Hall–Kier alpha value is -4.00. The third kappa shape index (κ3) is 5.62. The van der Waals surface area contributed by atoms with Crippen LogP contribution in [-0.4, -0.2) is 93.0 Å². The van der Waals surface area contributed by atoms with Gasteiger partial charge in [0.2, 0.25) is 18.3 Å². The van der Waals surface area contributed by atoms with Crippen molar-refractivity contribution in [3.63, 3.8) is 0 Å². The van der Waals surface area contributed by atoms with Gasteiger partial charge in [0, 0.05) is 33.1 Å². The Balaban J connectivity index is 2.19. The molecule has 1 aliphatic rings. The number of carbonyl (C=O) groups excluding carboxylic acids is 5. The maximum absolute atomic E-state index is 12.6. The number of esters is 4. The fourth-order valence-electron chi connectivity index (χ4n) is 4.05. The van der Waals surface area contributed by atoms with Crippen LogP contribution in [0, 0.1) is 0 Å². The first kappa shape index (κ1) is 28.6. The van der Waals surface area contributed by atoms with Gasteiger partial charge >= 0.3 is 23.9 Å². The molecule has 4 radical (unpaired) electrons. The summed E-state index contributed by atoms with van der Waals surface area (Å²) in [6.45, 7) is 4.38. The van der Waals surface area contributed by atoms with Crippen molar-refractivity contribution in [3.05, 3.63) is 12.3 Å². The number of rotatable bonds is 6. The number of carbonyl (C=O) groups is 5. The van der Waals surface area contributed by atoms with Crippen LogP contribution in [0.15, 0.2) is 12.3 Å². The van der Waals surface area contributed by atoms with Crippen LogP contribution < -0.4 is 15.7 Å².